The fourth-order valence-corrected chi connectivity index (χ4v) is 2.46. The highest BCUT2D eigenvalue weighted by Gasteiger charge is 2.35. The zero-order valence-corrected chi connectivity index (χ0v) is 9.69. The molecule has 1 saturated heterocycles. The Balaban J connectivity index is 1.96. The first-order valence-corrected chi connectivity index (χ1v) is 5.93. The summed E-state index contributed by atoms with van der Waals surface area (Å²) in [5, 5.41) is 0. The monoisotopic (exact) mass is 225 g/mol. The lowest BCUT2D eigenvalue weighted by atomic mass is 10.2. The van der Waals surface area contributed by atoms with Crippen molar-refractivity contribution in [3.8, 4) is 0 Å². The SMILES string of the molecule is CC(=O)N(CC1CCCN1C(N)=O)C1CC1. The molecule has 3 amide bonds. The van der Waals surface area contributed by atoms with E-state index < -0.39 is 0 Å². The number of carbonyl (C=O) groups is 2. The van der Waals surface area contributed by atoms with Crippen LogP contribution in [0.5, 0.6) is 0 Å². The Morgan fingerprint density at radius 1 is 1.38 bits per heavy atom. The molecule has 1 heterocycles. The molecule has 2 rings (SSSR count). The van der Waals surface area contributed by atoms with E-state index >= 15 is 0 Å². The highest BCUT2D eigenvalue weighted by molar-refractivity contribution is 5.75. The van der Waals surface area contributed by atoms with Crippen molar-refractivity contribution in [3.05, 3.63) is 0 Å². The van der Waals surface area contributed by atoms with Crippen LogP contribution in [0.2, 0.25) is 0 Å². The number of urea groups is 1. The van der Waals surface area contributed by atoms with Crippen molar-refractivity contribution in [2.24, 2.45) is 5.73 Å². The maximum absolute atomic E-state index is 11.5. The van der Waals surface area contributed by atoms with E-state index in [4.69, 9.17) is 5.73 Å². The molecule has 0 bridgehead atoms. The molecule has 0 aromatic carbocycles. The van der Waals surface area contributed by atoms with Gasteiger partial charge in [0.2, 0.25) is 5.91 Å². The Labute approximate surface area is 95.6 Å². The Morgan fingerprint density at radius 2 is 2.06 bits per heavy atom. The molecular weight excluding hydrogens is 206 g/mol. The van der Waals surface area contributed by atoms with Crippen LogP contribution >= 0.6 is 0 Å². The van der Waals surface area contributed by atoms with Crippen molar-refractivity contribution < 1.29 is 9.59 Å². The molecule has 1 aliphatic carbocycles. The molecule has 0 aromatic rings. The van der Waals surface area contributed by atoms with Crippen LogP contribution in [0.15, 0.2) is 0 Å². The Kier molecular flexibility index (Phi) is 3.03. The summed E-state index contributed by atoms with van der Waals surface area (Å²) in [6.45, 7) is 2.99. The van der Waals surface area contributed by atoms with Gasteiger partial charge >= 0.3 is 6.03 Å². The molecule has 16 heavy (non-hydrogen) atoms. The second kappa shape index (κ2) is 4.31. The van der Waals surface area contributed by atoms with E-state index in [1.165, 1.54) is 0 Å². The predicted molar refractivity (Wildman–Crippen MR) is 59.7 cm³/mol. The summed E-state index contributed by atoms with van der Waals surface area (Å²) < 4.78 is 0. The van der Waals surface area contributed by atoms with E-state index in [9.17, 15) is 9.59 Å². The van der Waals surface area contributed by atoms with Gasteiger partial charge in [0.05, 0.1) is 6.04 Å². The molecule has 2 fully saturated rings. The topological polar surface area (TPSA) is 66.6 Å². The van der Waals surface area contributed by atoms with Gasteiger partial charge in [-0.05, 0) is 25.7 Å². The summed E-state index contributed by atoms with van der Waals surface area (Å²) in [4.78, 5) is 26.3. The predicted octanol–water partition coefficient (Wildman–Crippen LogP) is 0.540. The number of amides is 3. The summed E-state index contributed by atoms with van der Waals surface area (Å²) >= 11 is 0. The quantitative estimate of drug-likeness (QED) is 0.761. The first-order chi connectivity index (χ1) is 7.59. The standard InChI is InChI=1S/C11H19N3O2/c1-8(15)14(9-4-5-9)7-10-3-2-6-13(10)11(12)16/h9-10H,2-7H2,1H3,(H2,12,16). The van der Waals surface area contributed by atoms with Crippen LogP contribution in [0.4, 0.5) is 4.79 Å². The molecule has 2 N–H and O–H groups in total. The van der Waals surface area contributed by atoms with Gasteiger partial charge in [0.15, 0.2) is 0 Å². The molecule has 0 aromatic heterocycles. The maximum atomic E-state index is 11.5. The van der Waals surface area contributed by atoms with Gasteiger partial charge < -0.3 is 15.5 Å². The van der Waals surface area contributed by atoms with Crippen molar-refractivity contribution in [1.82, 2.24) is 9.80 Å². The van der Waals surface area contributed by atoms with Gasteiger partial charge in [-0.25, -0.2) is 4.79 Å². The number of rotatable bonds is 3. The molecule has 5 nitrogen and oxygen atoms in total. The summed E-state index contributed by atoms with van der Waals surface area (Å²) in [5.41, 5.74) is 5.32. The minimum atomic E-state index is -0.359. The van der Waals surface area contributed by atoms with Crippen LogP contribution in [0.3, 0.4) is 0 Å². The van der Waals surface area contributed by atoms with E-state index in [0.717, 1.165) is 32.2 Å². The van der Waals surface area contributed by atoms with Crippen molar-refractivity contribution >= 4 is 11.9 Å². The van der Waals surface area contributed by atoms with Gasteiger partial charge in [-0.1, -0.05) is 0 Å². The average Bonchev–Trinajstić information content (AvgIpc) is 2.92. The van der Waals surface area contributed by atoms with Gasteiger partial charge in [0.1, 0.15) is 0 Å². The Bertz CT molecular complexity index is 302. The fourth-order valence-electron chi connectivity index (χ4n) is 2.46. The molecule has 1 unspecified atom stereocenters. The highest BCUT2D eigenvalue weighted by Crippen LogP contribution is 2.29. The van der Waals surface area contributed by atoms with Crippen molar-refractivity contribution in [2.45, 2.75) is 44.7 Å². The van der Waals surface area contributed by atoms with Gasteiger partial charge in [-0.2, -0.15) is 0 Å². The molecule has 0 spiro atoms. The Morgan fingerprint density at radius 3 is 2.56 bits per heavy atom. The zero-order chi connectivity index (χ0) is 11.7. The number of carbonyl (C=O) groups excluding carboxylic acids is 2. The normalized spacial score (nSPS) is 24.6. The molecule has 90 valence electrons. The molecule has 1 atom stereocenters. The van der Waals surface area contributed by atoms with Crippen LogP contribution in [-0.2, 0) is 4.79 Å². The largest absolute Gasteiger partial charge is 0.351 e. The third-order valence-corrected chi connectivity index (χ3v) is 3.46. The van der Waals surface area contributed by atoms with E-state index in [-0.39, 0.29) is 18.0 Å². The third-order valence-electron chi connectivity index (χ3n) is 3.46. The van der Waals surface area contributed by atoms with Crippen molar-refractivity contribution in [2.75, 3.05) is 13.1 Å². The second-order valence-corrected chi connectivity index (χ2v) is 4.73. The highest BCUT2D eigenvalue weighted by atomic mass is 16.2. The van der Waals surface area contributed by atoms with Crippen molar-refractivity contribution in [3.63, 3.8) is 0 Å². The van der Waals surface area contributed by atoms with E-state index in [1.54, 1.807) is 11.8 Å². The van der Waals surface area contributed by atoms with E-state index in [1.807, 2.05) is 4.90 Å². The lowest BCUT2D eigenvalue weighted by Gasteiger charge is -2.29. The molecular formula is C11H19N3O2. The van der Waals surface area contributed by atoms with Crippen LogP contribution in [0.1, 0.15) is 32.6 Å². The van der Waals surface area contributed by atoms with Crippen molar-refractivity contribution in [1.29, 1.82) is 0 Å². The van der Waals surface area contributed by atoms with Crippen LogP contribution in [0.25, 0.3) is 0 Å². The molecule has 2 aliphatic rings. The number of likely N-dealkylation sites (tertiary alicyclic amines) is 1. The zero-order valence-electron chi connectivity index (χ0n) is 9.69. The molecule has 0 radical (unpaired) electrons. The summed E-state index contributed by atoms with van der Waals surface area (Å²) in [7, 11) is 0. The number of hydrogen-bond acceptors (Lipinski definition) is 2. The van der Waals surface area contributed by atoms with Crippen LogP contribution in [-0.4, -0.2) is 46.9 Å². The first kappa shape index (κ1) is 11.2. The maximum Gasteiger partial charge on any atom is 0.315 e. The third kappa shape index (κ3) is 2.28. The minimum absolute atomic E-state index is 0.110. The molecule has 1 saturated carbocycles. The van der Waals surface area contributed by atoms with Crippen LogP contribution in [0, 0.1) is 0 Å². The molecule has 1 aliphatic heterocycles. The fraction of sp³-hybridized carbons (Fsp3) is 0.818. The number of hydrogen-bond donors (Lipinski definition) is 1. The molecule has 5 heteroatoms. The van der Waals surface area contributed by atoms with Gasteiger partial charge in [-0.15, -0.1) is 0 Å². The average molecular weight is 225 g/mol. The number of nitrogens with two attached hydrogens (primary N) is 1. The number of primary amides is 1. The summed E-state index contributed by atoms with van der Waals surface area (Å²) in [6.07, 6.45) is 4.15. The lowest BCUT2D eigenvalue weighted by Crippen LogP contribution is -2.47. The van der Waals surface area contributed by atoms with E-state index in [2.05, 4.69) is 0 Å². The second-order valence-electron chi connectivity index (χ2n) is 4.73. The number of nitrogens with zero attached hydrogens (tertiary/aromatic N) is 2. The minimum Gasteiger partial charge on any atom is -0.351 e. The lowest BCUT2D eigenvalue weighted by molar-refractivity contribution is -0.130. The summed E-state index contributed by atoms with van der Waals surface area (Å²) in [6, 6.07) is 0.177. The van der Waals surface area contributed by atoms with Crippen LogP contribution < -0.4 is 5.73 Å². The van der Waals surface area contributed by atoms with Gasteiger partial charge in [-0.3, -0.25) is 4.79 Å². The summed E-state index contributed by atoms with van der Waals surface area (Å²) in [5.74, 6) is 0.110. The Hall–Kier alpha value is -1.26. The van der Waals surface area contributed by atoms with E-state index in [0.29, 0.717) is 12.6 Å². The first-order valence-electron chi connectivity index (χ1n) is 5.93. The smallest absolute Gasteiger partial charge is 0.315 e. The van der Waals surface area contributed by atoms with Gasteiger partial charge in [0, 0.05) is 26.1 Å². The van der Waals surface area contributed by atoms with Gasteiger partial charge in [0.25, 0.3) is 0 Å².